The van der Waals surface area contributed by atoms with Crippen LogP contribution < -0.4 is 5.32 Å². The van der Waals surface area contributed by atoms with E-state index in [1.807, 2.05) is 0 Å². The molecule has 5 heteroatoms. The fourth-order valence-corrected chi connectivity index (χ4v) is 1.15. The molecule has 0 spiro atoms. The molecule has 1 amide bonds. The van der Waals surface area contributed by atoms with Gasteiger partial charge < -0.3 is 14.8 Å². The van der Waals surface area contributed by atoms with Gasteiger partial charge in [-0.2, -0.15) is 0 Å². The molecule has 14 heavy (non-hydrogen) atoms. The lowest BCUT2D eigenvalue weighted by Gasteiger charge is -2.13. The van der Waals surface area contributed by atoms with E-state index in [4.69, 9.17) is 9.52 Å². The molecule has 76 valence electrons. The Kier molecular flexibility index (Phi) is 3.28. The molecule has 0 aliphatic heterocycles. The minimum absolute atomic E-state index is 0.154. The zero-order valence-electron chi connectivity index (χ0n) is 7.69. The first-order valence-electron chi connectivity index (χ1n) is 4.10. The van der Waals surface area contributed by atoms with Crippen LogP contribution in [0, 0.1) is 0 Å². The Morgan fingerprint density at radius 1 is 1.64 bits per heavy atom. The predicted octanol–water partition coefficient (Wildman–Crippen LogP) is 0.932. The highest BCUT2D eigenvalue weighted by Gasteiger charge is 2.17. The summed E-state index contributed by atoms with van der Waals surface area (Å²) in [5.41, 5.74) is 0.655. The maximum Gasteiger partial charge on any atom is 0.305 e. The summed E-state index contributed by atoms with van der Waals surface area (Å²) in [5, 5.41) is 11.1. The van der Waals surface area contributed by atoms with E-state index < -0.39 is 12.0 Å². The van der Waals surface area contributed by atoms with Crippen LogP contribution in [0.3, 0.4) is 0 Å². The van der Waals surface area contributed by atoms with Gasteiger partial charge in [0.05, 0.1) is 25.0 Å². The summed E-state index contributed by atoms with van der Waals surface area (Å²) in [6.45, 7) is 1.34. The van der Waals surface area contributed by atoms with Gasteiger partial charge in [0.2, 0.25) is 5.91 Å². The molecule has 0 radical (unpaired) electrons. The second-order valence-electron chi connectivity index (χ2n) is 2.91. The average molecular weight is 197 g/mol. The lowest BCUT2D eigenvalue weighted by Crippen LogP contribution is -2.27. The number of carboxylic acids is 1. The molecular formula is C9H11NO4. The molecular weight excluding hydrogens is 186 g/mol. The molecule has 0 fully saturated rings. The summed E-state index contributed by atoms with van der Waals surface area (Å²) in [7, 11) is 0. The van der Waals surface area contributed by atoms with E-state index in [1.165, 1.54) is 19.5 Å². The van der Waals surface area contributed by atoms with Crippen LogP contribution in [0.1, 0.15) is 24.9 Å². The van der Waals surface area contributed by atoms with E-state index in [9.17, 15) is 9.59 Å². The number of rotatable bonds is 4. The number of hydrogen-bond acceptors (Lipinski definition) is 3. The fraction of sp³-hybridized carbons (Fsp3) is 0.333. The van der Waals surface area contributed by atoms with Crippen molar-refractivity contribution in [3.8, 4) is 0 Å². The van der Waals surface area contributed by atoms with E-state index in [1.54, 1.807) is 6.07 Å². The second kappa shape index (κ2) is 4.45. The largest absolute Gasteiger partial charge is 0.481 e. The monoisotopic (exact) mass is 197 g/mol. The van der Waals surface area contributed by atoms with Crippen molar-refractivity contribution in [3.05, 3.63) is 24.2 Å². The van der Waals surface area contributed by atoms with Gasteiger partial charge >= 0.3 is 5.97 Å². The Bertz CT molecular complexity index is 302. The summed E-state index contributed by atoms with van der Waals surface area (Å²) < 4.78 is 4.81. The van der Waals surface area contributed by atoms with Gasteiger partial charge in [0.25, 0.3) is 0 Å². The molecule has 2 N–H and O–H groups in total. The Labute approximate surface area is 80.7 Å². The molecule has 0 aromatic carbocycles. The van der Waals surface area contributed by atoms with Crippen LogP contribution in [-0.4, -0.2) is 17.0 Å². The van der Waals surface area contributed by atoms with E-state index in [-0.39, 0.29) is 12.3 Å². The van der Waals surface area contributed by atoms with Crippen LogP contribution in [0.4, 0.5) is 0 Å². The van der Waals surface area contributed by atoms with Gasteiger partial charge in [-0.05, 0) is 6.07 Å². The minimum Gasteiger partial charge on any atom is -0.481 e. The third-order valence-corrected chi connectivity index (χ3v) is 1.70. The highest BCUT2D eigenvalue weighted by Crippen LogP contribution is 2.16. The van der Waals surface area contributed by atoms with Crippen LogP contribution in [-0.2, 0) is 9.59 Å². The van der Waals surface area contributed by atoms with Crippen molar-refractivity contribution < 1.29 is 19.1 Å². The number of furan rings is 1. The Hall–Kier alpha value is -1.78. The first-order chi connectivity index (χ1) is 6.59. The van der Waals surface area contributed by atoms with E-state index in [0.717, 1.165) is 0 Å². The summed E-state index contributed by atoms with van der Waals surface area (Å²) in [6.07, 6.45) is 2.70. The molecule has 1 rings (SSSR count). The number of nitrogens with one attached hydrogen (secondary N) is 1. The van der Waals surface area contributed by atoms with Crippen LogP contribution in [0.2, 0.25) is 0 Å². The molecule has 0 unspecified atom stereocenters. The van der Waals surface area contributed by atoms with Gasteiger partial charge in [0, 0.05) is 12.5 Å². The molecule has 0 saturated heterocycles. The van der Waals surface area contributed by atoms with Crippen LogP contribution in [0.5, 0.6) is 0 Å². The molecule has 0 aliphatic rings. The average Bonchev–Trinajstić information content (AvgIpc) is 2.52. The Morgan fingerprint density at radius 3 is 2.79 bits per heavy atom. The highest BCUT2D eigenvalue weighted by atomic mass is 16.4. The molecule has 0 aliphatic carbocycles. The highest BCUT2D eigenvalue weighted by molar-refractivity contribution is 5.75. The third kappa shape index (κ3) is 2.93. The third-order valence-electron chi connectivity index (χ3n) is 1.70. The van der Waals surface area contributed by atoms with Crippen molar-refractivity contribution in [1.82, 2.24) is 5.32 Å². The second-order valence-corrected chi connectivity index (χ2v) is 2.91. The molecule has 1 atom stereocenters. The standard InChI is InChI=1S/C9H11NO4/c1-6(11)10-8(4-9(12)13)7-2-3-14-5-7/h2-3,5,8H,4H2,1H3,(H,10,11)(H,12,13)/t8-/m0/s1. The van der Waals surface area contributed by atoms with Crippen molar-refractivity contribution in [3.63, 3.8) is 0 Å². The van der Waals surface area contributed by atoms with Gasteiger partial charge in [0.15, 0.2) is 0 Å². The van der Waals surface area contributed by atoms with Crippen molar-refractivity contribution in [1.29, 1.82) is 0 Å². The van der Waals surface area contributed by atoms with Crippen LogP contribution in [0.15, 0.2) is 23.0 Å². The Morgan fingerprint density at radius 2 is 2.36 bits per heavy atom. The van der Waals surface area contributed by atoms with Crippen molar-refractivity contribution >= 4 is 11.9 Å². The maximum atomic E-state index is 10.8. The minimum atomic E-state index is -0.968. The fourth-order valence-electron chi connectivity index (χ4n) is 1.15. The maximum absolute atomic E-state index is 10.8. The first-order valence-corrected chi connectivity index (χ1v) is 4.10. The SMILES string of the molecule is CC(=O)N[C@@H](CC(=O)O)c1ccoc1. The number of carboxylic acid groups (broad SMARTS) is 1. The van der Waals surface area contributed by atoms with E-state index in [0.29, 0.717) is 5.56 Å². The summed E-state index contributed by atoms with van der Waals surface area (Å²) in [4.78, 5) is 21.3. The lowest BCUT2D eigenvalue weighted by molar-refractivity contribution is -0.137. The van der Waals surface area contributed by atoms with Crippen LogP contribution >= 0.6 is 0 Å². The van der Waals surface area contributed by atoms with Crippen molar-refractivity contribution in [2.24, 2.45) is 0 Å². The molecule has 1 heterocycles. The predicted molar refractivity (Wildman–Crippen MR) is 47.5 cm³/mol. The summed E-state index contributed by atoms with van der Waals surface area (Å²) in [5.74, 6) is -1.23. The van der Waals surface area contributed by atoms with Crippen molar-refractivity contribution in [2.75, 3.05) is 0 Å². The number of hydrogen-bond donors (Lipinski definition) is 2. The van der Waals surface area contributed by atoms with Gasteiger partial charge in [-0.25, -0.2) is 0 Å². The van der Waals surface area contributed by atoms with Gasteiger partial charge in [0.1, 0.15) is 0 Å². The van der Waals surface area contributed by atoms with Gasteiger partial charge in [-0.3, -0.25) is 9.59 Å². The number of aliphatic carboxylic acids is 1. The number of amides is 1. The molecule has 1 aromatic heterocycles. The normalized spacial score (nSPS) is 12.1. The van der Waals surface area contributed by atoms with Gasteiger partial charge in [-0.1, -0.05) is 0 Å². The topological polar surface area (TPSA) is 79.5 Å². The lowest BCUT2D eigenvalue weighted by atomic mass is 10.1. The van der Waals surface area contributed by atoms with Crippen molar-refractivity contribution in [2.45, 2.75) is 19.4 Å². The quantitative estimate of drug-likeness (QED) is 0.752. The zero-order chi connectivity index (χ0) is 10.6. The van der Waals surface area contributed by atoms with Crippen LogP contribution in [0.25, 0.3) is 0 Å². The first kappa shape index (κ1) is 10.3. The number of carbonyl (C=O) groups is 2. The molecule has 5 nitrogen and oxygen atoms in total. The number of carbonyl (C=O) groups excluding carboxylic acids is 1. The summed E-state index contributed by atoms with van der Waals surface area (Å²) in [6, 6.07) is 1.10. The smallest absolute Gasteiger partial charge is 0.305 e. The molecule has 0 bridgehead atoms. The van der Waals surface area contributed by atoms with E-state index >= 15 is 0 Å². The molecule has 1 aromatic rings. The van der Waals surface area contributed by atoms with Gasteiger partial charge in [-0.15, -0.1) is 0 Å². The Balaban J connectivity index is 2.71. The zero-order valence-corrected chi connectivity index (χ0v) is 7.69. The van der Waals surface area contributed by atoms with E-state index in [2.05, 4.69) is 5.32 Å². The molecule has 0 saturated carbocycles. The summed E-state index contributed by atoms with van der Waals surface area (Å²) >= 11 is 0.